The molecule has 0 bridgehead atoms. The summed E-state index contributed by atoms with van der Waals surface area (Å²) >= 11 is 0. The minimum absolute atomic E-state index is 0.0803. The van der Waals surface area contributed by atoms with Gasteiger partial charge in [-0.3, -0.25) is 0 Å². The number of rotatable bonds is 6. The van der Waals surface area contributed by atoms with Gasteiger partial charge in [-0.15, -0.1) is 0 Å². The molecule has 4 heteroatoms. The predicted octanol–water partition coefficient (Wildman–Crippen LogP) is 0.285. The molecule has 0 aromatic rings. The van der Waals surface area contributed by atoms with E-state index in [1.165, 1.54) is 0 Å². The summed E-state index contributed by atoms with van der Waals surface area (Å²) in [4.78, 5) is 10.9. The fraction of sp³-hybridized carbons (Fsp3) is 0.889. The lowest BCUT2D eigenvalue weighted by Gasteiger charge is -2.09. The molecule has 0 aliphatic rings. The lowest BCUT2D eigenvalue weighted by atomic mass is 10.1. The van der Waals surface area contributed by atoms with Crippen molar-refractivity contribution in [1.29, 1.82) is 0 Å². The van der Waals surface area contributed by atoms with E-state index >= 15 is 0 Å². The Morgan fingerprint density at radius 2 is 2.15 bits per heavy atom. The Morgan fingerprint density at radius 3 is 2.62 bits per heavy atom. The molecule has 0 saturated carbocycles. The number of carbonyl (C=O) groups is 1. The highest BCUT2D eigenvalue weighted by Gasteiger charge is 2.13. The van der Waals surface area contributed by atoms with Crippen LogP contribution in [0.15, 0.2) is 0 Å². The molecule has 3 N–H and O–H groups in total. The van der Waals surface area contributed by atoms with E-state index in [0.29, 0.717) is 12.5 Å². The van der Waals surface area contributed by atoms with E-state index in [4.69, 9.17) is 15.6 Å². The normalized spacial score (nSPS) is 13.0. The van der Waals surface area contributed by atoms with Crippen molar-refractivity contribution in [3.8, 4) is 0 Å². The molecule has 0 fully saturated rings. The Labute approximate surface area is 79.1 Å². The number of hydrogen-bond acceptors (Lipinski definition) is 4. The van der Waals surface area contributed by atoms with E-state index in [1.54, 1.807) is 0 Å². The fourth-order valence-electron chi connectivity index (χ4n) is 0.857. The summed E-state index contributed by atoms with van der Waals surface area (Å²) in [6.07, 6.45) is 0.686. The monoisotopic (exact) mass is 189 g/mol. The standard InChI is InChI=1S/C9H19NO3/c1-7(2)4-3-5-13-9(12)8(11)6-10/h7-8,11H,3-6,10H2,1-2H3. The highest BCUT2D eigenvalue weighted by atomic mass is 16.5. The first-order valence-electron chi connectivity index (χ1n) is 4.62. The summed E-state index contributed by atoms with van der Waals surface area (Å²) in [5.41, 5.74) is 5.07. The third-order valence-electron chi connectivity index (χ3n) is 1.67. The SMILES string of the molecule is CC(C)CCCOC(=O)C(O)CN. The predicted molar refractivity (Wildman–Crippen MR) is 50.1 cm³/mol. The third-order valence-corrected chi connectivity index (χ3v) is 1.67. The zero-order valence-electron chi connectivity index (χ0n) is 8.32. The molecule has 78 valence electrons. The Balaban J connectivity index is 3.37. The van der Waals surface area contributed by atoms with Crippen LogP contribution in [0.25, 0.3) is 0 Å². The van der Waals surface area contributed by atoms with Crippen LogP contribution >= 0.6 is 0 Å². The molecule has 1 unspecified atom stereocenters. The molecule has 4 nitrogen and oxygen atoms in total. The molecule has 0 saturated heterocycles. The van der Waals surface area contributed by atoms with Crippen molar-refractivity contribution in [3.05, 3.63) is 0 Å². The molecule has 0 aromatic carbocycles. The van der Waals surface area contributed by atoms with Crippen molar-refractivity contribution < 1.29 is 14.6 Å². The van der Waals surface area contributed by atoms with Crippen LogP contribution in [0.3, 0.4) is 0 Å². The topological polar surface area (TPSA) is 72.5 Å². The van der Waals surface area contributed by atoms with Gasteiger partial charge in [-0.1, -0.05) is 13.8 Å². The van der Waals surface area contributed by atoms with Gasteiger partial charge in [0.2, 0.25) is 0 Å². The molecule has 0 rings (SSSR count). The zero-order valence-corrected chi connectivity index (χ0v) is 8.32. The van der Waals surface area contributed by atoms with Crippen molar-refractivity contribution in [2.75, 3.05) is 13.2 Å². The van der Waals surface area contributed by atoms with E-state index in [-0.39, 0.29) is 6.54 Å². The quantitative estimate of drug-likeness (QED) is 0.465. The third kappa shape index (κ3) is 6.54. The van der Waals surface area contributed by atoms with E-state index in [9.17, 15) is 4.79 Å². The lowest BCUT2D eigenvalue weighted by molar-refractivity contribution is -0.153. The first-order chi connectivity index (χ1) is 6.07. The van der Waals surface area contributed by atoms with Gasteiger partial charge < -0.3 is 15.6 Å². The molecule has 0 amide bonds. The van der Waals surface area contributed by atoms with E-state index < -0.39 is 12.1 Å². The fourth-order valence-corrected chi connectivity index (χ4v) is 0.857. The summed E-state index contributed by atoms with van der Waals surface area (Å²) in [6, 6.07) is 0. The number of nitrogens with two attached hydrogens (primary N) is 1. The molecule has 0 aromatic heterocycles. The molecule has 0 aliphatic carbocycles. The Morgan fingerprint density at radius 1 is 1.54 bits per heavy atom. The second-order valence-corrected chi connectivity index (χ2v) is 3.46. The van der Waals surface area contributed by atoms with Crippen LogP contribution in [-0.4, -0.2) is 30.3 Å². The Bertz CT molecular complexity index is 148. The molecular weight excluding hydrogens is 170 g/mol. The van der Waals surface area contributed by atoms with Gasteiger partial charge >= 0.3 is 5.97 Å². The van der Waals surface area contributed by atoms with E-state index in [2.05, 4.69) is 13.8 Å². The molecule has 0 radical (unpaired) electrons. The van der Waals surface area contributed by atoms with Gasteiger partial charge in [-0.2, -0.15) is 0 Å². The summed E-state index contributed by atoms with van der Waals surface area (Å²) in [6.45, 7) is 4.50. The number of ether oxygens (including phenoxy) is 1. The highest BCUT2D eigenvalue weighted by Crippen LogP contribution is 2.03. The van der Waals surface area contributed by atoms with Crippen LogP contribution in [0, 0.1) is 5.92 Å². The van der Waals surface area contributed by atoms with Crippen molar-refractivity contribution in [3.63, 3.8) is 0 Å². The van der Waals surface area contributed by atoms with Crippen LogP contribution in [0.4, 0.5) is 0 Å². The molecular formula is C9H19NO3. The maximum atomic E-state index is 10.9. The highest BCUT2D eigenvalue weighted by molar-refractivity contribution is 5.74. The van der Waals surface area contributed by atoms with Gasteiger partial charge in [0.15, 0.2) is 6.10 Å². The molecule has 1 atom stereocenters. The van der Waals surface area contributed by atoms with E-state index in [0.717, 1.165) is 12.8 Å². The summed E-state index contributed by atoms with van der Waals surface area (Å²) in [5.74, 6) is -0.00982. The van der Waals surface area contributed by atoms with Crippen LogP contribution in [0.1, 0.15) is 26.7 Å². The van der Waals surface area contributed by atoms with Crippen molar-refractivity contribution in [2.45, 2.75) is 32.8 Å². The van der Waals surface area contributed by atoms with Crippen molar-refractivity contribution >= 4 is 5.97 Å². The molecule has 0 spiro atoms. The second-order valence-electron chi connectivity index (χ2n) is 3.46. The number of aliphatic hydroxyl groups excluding tert-OH is 1. The van der Waals surface area contributed by atoms with Gasteiger partial charge in [0.1, 0.15) is 0 Å². The average molecular weight is 189 g/mol. The van der Waals surface area contributed by atoms with Gasteiger partial charge in [-0.05, 0) is 18.8 Å². The lowest BCUT2D eigenvalue weighted by Crippen LogP contribution is -2.31. The second kappa shape index (κ2) is 6.86. The van der Waals surface area contributed by atoms with E-state index in [1.807, 2.05) is 0 Å². The maximum Gasteiger partial charge on any atom is 0.336 e. The number of esters is 1. The molecule has 13 heavy (non-hydrogen) atoms. The van der Waals surface area contributed by atoms with Crippen LogP contribution in [0.2, 0.25) is 0 Å². The smallest absolute Gasteiger partial charge is 0.336 e. The first kappa shape index (κ1) is 12.4. The minimum atomic E-state index is -1.17. The van der Waals surface area contributed by atoms with Gasteiger partial charge in [0, 0.05) is 6.54 Å². The number of aliphatic hydroxyl groups is 1. The summed E-state index contributed by atoms with van der Waals surface area (Å²) < 4.78 is 4.78. The molecule has 0 heterocycles. The minimum Gasteiger partial charge on any atom is -0.464 e. The van der Waals surface area contributed by atoms with Crippen LogP contribution in [-0.2, 0) is 9.53 Å². The van der Waals surface area contributed by atoms with Crippen LogP contribution < -0.4 is 5.73 Å². The largest absolute Gasteiger partial charge is 0.464 e. The average Bonchev–Trinajstić information content (AvgIpc) is 2.10. The van der Waals surface area contributed by atoms with Gasteiger partial charge in [-0.25, -0.2) is 4.79 Å². The van der Waals surface area contributed by atoms with Gasteiger partial charge in [0.05, 0.1) is 6.61 Å². The maximum absolute atomic E-state index is 10.9. The van der Waals surface area contributed by atoms with Crippen molar-refractivity contribution in [1.82, 2.24) is 0 Å². The first-order valence-corrected chi connectivity index (χ1v) is 4.62. The Kier molecular flexibility index (Phi) is 6.54. The zero-order chi connectivity index (χ0) is 10.3. The number of carbonyl (C=O) groups excluding carboxylic acids is 1. The summed E-state index contributed by atoms with van der Waals surface area (Å²) in [7, 11) is 0. The van der Waals surface area contributed by atoms with Crippen molar-refractivity contribution in [2.24, 2.45) is 11.7 Å². The number of hydrogen-bond donors (Lipinski definition) is 2. The Hall–Kier alpha value is -0.610. The summed E-state index contributed by atoms with van der Waals surface area (Å²) in [5, 5.41) is 8.94. The van der Waals surface area contributed by atoms with Gasteiger partial charge in [0.25, 0.3) is 0 Å². The molecule has 0 aliphatic heterocycles. The van der Waals surface area contributed by atoms with Crippen LogP contribution in [0.5, 0.6) is 0 Å².